The Labute approximate surface area is 196 Å². The maximum atomic E-state index is 2.28. The molecular weight excluding hydrogens is 433 g/mol. The van der Waals surface area contributed by atoms with E-state index in [-0.39, 0.29) is 8.16 Å². The maximum absolute atomic E-state index is 2.28. The Hall–Kier alpha value is -2.33. The van der Waals surface area contributed by atoms with Crippen LogP contribution in [-0.2, 0) is 4.75 Å². The van der Waals surface area contributed by atoms with Crippen LogP contribution in [0.3, 0.4) is 0 Å². The first kappa shape index (κ1) is 19.4. The van der Waals surface area contributed by atoms with Gasteiger partial charge in [0.05, 0.1) is 4.24 Å². The average molecular weight is 453 g/mol. The average Bonchev–Trinajstić information content (AvgIpc) is 3.53. The standard InChI is InChI=1S/C28H20S3/c1-5-13-21(14-6-1)25(22-15-7-2-8-16-22)26-29-28(30-26)27(31-28,23-17-9-3-10-18-23)24-19-11-4-12-20-24/h1-20H. The second kappa shape index (κ2) is 7.67. The van der Waals surface area contributed by atoms with Crippen LogP contribution in [0.15, 0.2) is 126 Å². The van der Waals surface area contributed by atoms with Crippen molar-refractivity contribution in [2.75, 3.05) is 0 Å². The molecule has 2 aliphatic heterocycles. The summed E-state index contributed by atoms with van der Waals surface area (Å²) in [4.78, 5) is 0. The highest BCUT2D eigenvalue weighted by atomic mass is 32.3. The van der Waals surface area contributed by atoms with Gasteiger partial charge in [-0.05, 0) is 22.3 Å². The van der Waals surface area contributed by atoms with Crippen LogP contribution in [0.5, 0.6) is 0 Å². The van der Waals surface area contributed by atoms with Gasteiger partial charge in [-0.15, -0.1) is 11.8 Å². The molecule has 0 nitrogen and oxygen atoms in total. The van der Waals surface area contributed by atoms with Crippen molar-refractivity contribution < 1.29 is 0 Å². The highest BCUT2D eigenvalue weighted by molar-refractivity contribution is 8.53. The molecule has 31 heavy (non-hydrogen) atoms. The van der Waals surface area contributed by atoms with Gasteiger partial charge in [-0.1, -0.05) is 145 Å². The lowest BCUT2D eigenvalue weighted by Crippen LogP contribution is -2.25. The topological polar surface area (TPSA) is 0 Å². The van der Waals surface area contributed by atoms with E-state index in [1.807, 2.05) is 23.5 Å². The second-order valence-electron chi connectivity index (χ2n) is 7.67. The van der Waals surface area contributed by atoms with Crippen LogP contribution in [0.4, 0.5) is 0 Å². The molecule has 4 aromatic carbocycles. The zero-order chi connectivity index (χ0) is 20.7. The molecule has 1 spiro atoms. The Bertz CT molecular complexity index is 1140. The van der Waals surface area contributed by atoms with E-state index in [1.165, 1.54) is 32.1 Å². The number of rotatable bonds is 4. The SMILES string of the molecule is c1ccc(C(=C2SC3(S2)SC3(c2ccccc2)c2ccccc2)c2ccccc2)cc1. The van der Waals surface area contributed by atoms with Gasteiger partial charge in [0.1, 0.15) is 8.16 Å². The fourth-order valence-electron chi connectivity index (χ4n) is 4.31. The molecule has 150 valence electrons. The zero-order valence-electron chi connectivity index (χ0n) is 16.8. The molecule has 0 bridgehead atoms. The van der Waals surface area contributed by atoms with Crippen molar-refractivity contribution in [2.45, 2.75) is 8.16 Å². The van der Waals surface area contributed by atoms with Crippen molar-refractivity contribution in [1.82, 2.24) is 0 Å². The number of thioether (sulfide) groups is 3. The van der Waals surface area contributed by atoms with Gasteiger partial charge in [0.2, 0.25) is 0 Å². The van der Waals surface area contributed by atoms with E-state index in [0.29, 0.717) is 0 Å². The van der Waals surface area contributed by atoms with Crippen LogP contribution in [0.1, 0.15) is 22.3 Å². The summed E-state index contributed by atoms with van der Waals surface area (Å²) in [7, 11) is 0. The molecule has 0 radical (unpaired) electrons. The van der Waals surface area contributed by atoms with Crippen molar-refractivity contribution >= 4 is 40.9 Å². The van der Waals surface area contributed by atoms with E-state index in [9.17, 15) is 0 Å². The normalized spacial score (nSPS) is 20.8. The third-order valence-corrected chi connectivity index (χ3v) is 11.5. The lowest BCUT2D eigenvalue weighted by Gasteiger charge is -2.34. The summed E-state index contributed by atoms with van der Waals surface area (Å²) < 4.78 is 1.51. The van der Waals surface area contributed by atoms with E-state index in [4.69, 9.17) is 0 Å². The van der Waals surface area contributed by atoms with Gasteiger partial charge in [-0.25, -0.2) is 0 Å². The molecule has 0 aliphatic carbocycles. The predicted molar refractivity (Wildman–Crippen MR) is 138 cm³/mol. The monoisotopic (exact) mass is 452 g/mol. The van der Waals surface area contributed by atoms with E-state index in [0.717, 1.165) is 0 Å². The summed E-state index contributed by atoms with van der Waals surface area (Å²) in [5, 5.41) is 0. The summed E-state index contributed by atoms with van der Waals surface area (Å²) >= 11 is 6.17. The lowest BCUT2D eigenvalue weighted by atomic mass is 9.92. The smallest absolute Gasteiger partial charge is 0.111 e. The molecule has 0 N–H and O–H groups in total. The lowest BCUT2D eigenvalue weighted by molar-refractivity contribution is 0.889. The molecule has 0 atom stereocenters. The molecule has 4 aromatic rings. The highest BCUT2D eigenvalue weighted by Crippen LogP contribution is 2.91. The minimum absolute atomic E-state index is 0.00710. The van der Waals surface area contributed by atoms with Crippen LogP contribution in [0.25, 0.3) is 5.57 Å². The van der Waals surface area contributed by atoms with Gasteiger partial charge in [0.15, 0.2) is 0 Å². The molecule has 0 aromatic heterocycles. The third kappa shape index (κ3) is 3.10. The van der Waals surface area contributed by atoms with Crippen molar-refractivity contribution in [3.05, 3.63) is 148 Å². The number of benzene rings is 4. The predicted octanol–water partition coefficient (Wildman–Crippen LogP) is 8.23. The van der Waals surface area contributed by atoms with Crippen LogP contribution < -0.4 is 0 Å². The molecule has 6 rings (SSSR count). The van der Waals surface area contributed by atoms with Crippen LogP contribution >= 0.6 is 35.3 Å². The Morgan fingerprint density at radius 1 is 0.484 bits per heavy atom. The molecule has 0 amide bonds. The minimum Gasteiger partial charge on any atom is -0.111 e. The summed E-state index contributed by atoms with van der Waals surface area (Å²) in [6.45, 7) is 0. The van der Waals surface area contributed by atoms with Crippen LogP contribution in [0, 0.1) is 0 Å². The van der Waals surface area contributed by atoms with Crippen molar-refractivity contribution in [2.24, 2.45) is 0 Å². The Morgan fingerprint density at radius 2 is 0.871 bits per heavy atom. The first-order valence-corrected chi connectivity index (χ1v) is 12.8. The Kier molecular flexibility index (Phi) is 4.79. The highest BCUT2D eigenvalue weighted by Gasteiger charge is 2.76. The minimum atomic E-state index is -0.00710. The van der Waals surface area contributed by atoms with Gasteiger partial charge in [-0.3, -0.25) is 0 Å². The number of hydrogen-bond acceptors (Lipinski definition) is 3. The van der Waals surface area contributed by atoms with Gasteiger partial charge in [0.25, 0.3) is 0 Å². The van der Waals surface area contributed by atoms with Crippen molar-refractivity contribution in [3.8, 4) is 0 Å². The third-order valence-electron chi connectivity index (χ3n) is 5.82. The van der Waals surface area contributed by atoms with Gasteiger partial charge in [-0.2, -0.15) is 0 Å². The quantitative estimate of drug-likeness (QED) is 0.286. The Morgan fingerprint density at radius 3 is 1.29 bits per heavy atom. The van der Waals surface area contributed by atoms with Crippen molar-refractivity contribution in [3.63, 3.8) is 0 Å². The molecule has 2 aliphatic rings. The fraction of sp³-hybridized carbons (Fsp3) is 0.0714. The summed E-state index contributed by atoms with van der Waals surface area (Å²) in [6.07, 6.45) is 0. The molecule has 2 saturated heterocycles. The molecule has 3 heteroatoms. The van der Waals surface area contributed by atoms with Crippen LogP contribution in [0.2, 0.25) is 0 Å². The van der Waals surface area contributed by atoms with Gasteiger partial charge < -0.3 is 0 Å². The summed E-state index contributed by atoms with van der Waals surface area (Å²) in [5.74, 6) is 0. The van der Waals surface area contributed by atoms with Crippen LogP contribution in [-0.4, -0.2) is 3.41 Å². The largest absolute Gasteiger partial charge is 0.141 e. The Balaban J connectivity index is 1.44. The molecule has 2 heterocycles. The molecule has 0 saturated carbocycles. The van der Waals surface area contributed by atoms with E-state index in [1.54, 1.807) is 0 Å². The van der Waals surface area contributed by atoms with Gasteiger partial charge >= 0.3 is 0 Å². The maximum Gasteiger partial charge on any atom is 0.141 e. The summed E-state index contributed by atoms with van der Waals surface area (Å²) in [5.41, 5.74) is 6.71. The van der Waals surface area contributed by atoms with E-state index in [2.05, 4.69) is 133 Å². The molecule has 0 unspecified atom stereocenters. The molecular formula is C28H20S3. The van der Waals surface area contributed by atoms with E-state index < -0.39 is 0 Å². The zero-order valence-corrected chi connectivity index (χ0v) is 19.2. The number of hydrogen-bond donors (Lipinski definition) is 0. The second-order valence-corrected chi connectivity index (χ2v) is 12.6. The fourth-order valence-corrected chi connectivity index (χ4v) is 10.5. The van der Waals surface area contributed by atoms with Gasteiger partial charge in [0, 0.05) is 5.57 Å². The first-order chi connectivity index (χ1) is 15.3. The molecule has 2 fully saturated rings. The van der Waals surface area contributed by atoms with Crippen molar-refractivity contribution in [1.29, 1.82) is 0 Å². The first-order valence-electron chi connectivity index (χ1n) is 10.4. The summed E-state index contributed by atoms with van der Waals surface area (Å²) in [6, 6.07) is 43.6. The van der Waals surface area contributed by atoms with E-state index >= 15 is 0 Å².